The molecule has 9 heteroatoms. The van der Waals surface area contributed by atoms with Crippen LogP contribution in [-0.2, 0) is 37.3 Å². The molecule has 0 bridgehead atoms. The number of alkyl carbamates (subject to hydrolysis) is 1. The second-order valence-corrected chi connectivity index (χ2v) is 8.73. The van der Waals surface area contributed by atoms with Crippen LogP contribution >= 0.6 is 0 Å². The quantitative estimate of drug-likeness (QED) is 0.496. The van der Waals surface area contributed by atoms with E-state index in [2.05, 4.69) is 5.32 Å². The first-order chi connectivity index (χ1) is 15.4. The maximum atomic E-state index is 12.7. The van der Waals surface area contributed by atoms with Crippen molar-refractivity contribution in [3.05, 3.63) is 90.3 Å². The van der Waals surface area contributed by atoms with Gasteiger partial charge in [-0.05, 0) is 36.2 Å². The number of aromatic nitrogens is 1. The normalized spacial score (nSPS) is 12.0. The Kier molecular flexibility index (Phi) is 7.67. The highest BCUT2D eigenvalue weighted by molar-refractivity contribution is 7.90. The van der Waals surface area contributed by atoms with E-state index in [1.807, 2.05) is 30.3 Å². The number of nitrogens with one attached hydrogen (secondary N) is 1. The molecule has 0 saturated heterocycles. The molecular formula is C23H24N2O6S. The van der Waals surface area contributed by atoms with Crippen molar-refractivity contribution in [3.8, 4) is 0 Å². The van der Waals surface area contributed by atoms with Crippen molar-refractivity contribution in [2.75, 3.05) is 6.61 Å². The maximum Gasteiger partial charge on any atom is 0.408 e. The average molecular weight is 457 g/mol. The molecule has 1 N–H and O–H groups in total. The number of esters is 1. The SMILES string of the molecule is CCOC(=O)C(Cc1ccn(S(=O)(=O)c2ccccc2)c1)NC(=O)OCc1ccccc1. The van der Waals surface area contributed by atoms with Gasteiger partial charge in [-0.2, -0.15) is 0 Å². The van der Waals surface area contributed by atoms with E-state index < -0.39 is 28.1 Å². The Morgan fingerprint density at radius 2 is 1.59 bits per heavy atom. The third-order valence-electron chi connectivity index (χ3n) is 4.56. The van der Waals surface area contributed by atoms with Crippen LogP contribution in [0.2, 0.25) is 0 Å². The van der Waals surface area contributed by atoms with Gasteiger partial charge >= 0.3 is 12.1 Å². The van der Waals surface area contributed by atoms with Crippen molar-refractivity contribution in [3.63, 3.8) is 0 Å². The summed E-state index contributed by atoms with van der Waals surface area (Å²) in [5.74, 6) is -0.636. The fraction of sp³-hybridized carbons (Fsp3) is 0.217. The smallest absolute Gasteiger partial charge is 0.408 e. The average Bonchev–Trinajstić information content (AvgIpc) is 3.28. The van der Waals surface area contributed by atoms with Gasteiger partial charge in [0.05, 0.1) is 11.5 Å². The van der Waals surface area contributed by atoms with Gasteiger partial charge in [0.25, 0.3) is 10.0 Å². The Morgan fingerprint density at radius 3 is 2.25 bits per heavy atom. The van der Waals surface area contributed by atoms with Crippen molar-refractivity contribution in [2.24, 2.45) is 0 Å². The first kappa shape index (κ1) is 23.1. The summed E-state index contributed by atoms with van der Waals surface area (Å²) in [7, 11) is -3.76. The zero-order valence-electron chi connectivity index (χ0n) is 17.5. The number of ether oxygens (including phenoxy) is 2. The minimum absolute atomic E-state index is 0.0383. The highest BCUT2D eigenvalue weighted by Crippen LogP contribution is 2.16. The number of benzene rings is 2. The van der Waals surface area contributed by atoms with Crippen molar-refractivity contribution in [1.29, 1.82) is 0 Å². The topological polar surface area (TPSA) is 104 Å². The number of amides is 1. The first-order valence-corrected chi connectivity index (χ1v) is 11.5. The molecule has 1 unspecified atom stereocenters. The molecule has 1 atom stereocenters. The molecule has 3 rings (SSSR count). The van der Waals surface area contributed by atoms with Crippen LogP contribution in [0, 0.1) is 0 Å². The second-order valence-electron chi connectivity index (χ2n) is 6.88. The third kappa shape index (κ3) is 5.98. The zero-order chi connectivity index (χ0) is 23.0. The van der Waals surface area contributed by atoms with Crippen LogP contribution in [-0.4, -0.2) is 37.1 Å². The van der Waals surface area contributed by atoms with E-state index in [-0.39, 0.29) is 24.5 Å². The molecule has 1 aromatic heterocycles. The monoisotopic (exact) mass is 456 g/mol. The number of carbonyl (C=O) groups is 2. The summed E-state index contributed by atoms with van der Waals surface area (Å²) in [5, 5.41) is 2.51. The van der Waals surface area contributed by atoms with E-state index in [0.29, 0.717) is 5.56 Å². The Bertz CT molecular complexity index is 1140. The molecule has 0 aliphatic heterocycles. The van der Waals surface area contributed by atoms with Gasteiger partial charge in [0, 0.05) is 18.8 Å². The van der Waals surface area contributed by atoms with E-state index in [0.717, 1.165) is 9.54 Å². The standard InChI is InChI=1S/C23H24N2O6S/c1-2-30-22(26)21(24-23(27)31-17-18-9-5-3-6-10-18)15-19-13-14-25(16-19)32(28,29)20-11-7-4-8-12-20/h3-14,16,21H,2,15,17H2,1H3,(H,24,27). The second kappa shape index (κ2) is 10.6. The summed E-state index contributed by atoms with van der Waals surface area (Å²) in [5.41, 5.74) is 1.34. The number of carbonyl (C=O) groups excluding carboxylic acids is 2. The molecule has 1 heterocycles. The number of rotatable bonds is 9. The first-order valence-electron chi connectivity index (χ1n) is 10.0. The number of hydrogen-bond acceptors (Lipinski definition) is 6. The van der Waals surface area contributed by atoms with Crippen LogP contribution in [0.5, 0.6) is 0 Å². The summed E-state index contributed by atoms with van der Waals surface area (Å²) in [6.07, 6.45) is 2.07. The molecule has 0 spiro atoms. The minimum Gasteiger partial charge on any atom is -0.464 e. The van der Waals surface area contributed by atoms with Gasteiger partial charge in [0.2, 0.25) is 0 Å². The Labute approximate surface area is 186 Å². The van der Waals surface area contributed by atoms with Crippen LogP contribution in [0.4, 0.5) is 4.79 Å². The molecule has 32 heavy (non-hydrogen) atoms. The van der Waals surface area contributed by atoms with E-state index in [4.69, 9.17) is 9.47 Å². The van der Waals surface area contributed by atoms with Gasteiger partial charge in [-0.1, -0.05) is 48.5 Å². The molecule has 8 nitrogen and oxygen atoms in total. The predicted molar refractivity (Wildman–Crippen MR) is 117 cm³/mol. The van der Waals surface area contributed by atoms with Gasteiger partial charge in [-0.25, -0.2) is 22.0 Å². The summed E-state index contributed by atoms with van der Waals surface area (Å²) < 4.78 is 36.8. The van der Waals surface area contributed by atoms with Gasteiger partial charge in [0.15, 0.2) is 0 Å². The summed E-state index contributed by atoms with van der Waals surface area (Å²) in [4.78, 5) is 24.7. The number of hydrogen-bond donors (Lipinski definition) is 1. The summed E-state index contributed by atoms with van der Waals surface area (Å²) in [6, 6.07) is 17.7. The van der Waals surface area contributed by atoms with Gasteiger partial charge < -0.3 is 14.8 Å². The van der Waals surface area contributed by atoms with Crippen LogP contribution in [0.15, 0.2) is 84.0 Å². The lowest BCUT2D eigenvalue weighted by atomic mass is 10.1. The zero-order valence-corrected chi connectivity index (χ0v) is 18.3. The third-order valence-corrected chi connectivity index (χ3v) is 6.21. The summed E-state index contributed by atoms with van der Waals surface area (Å²) in [6.45, 7) is 1.85. The highest BCUT2D eigenvalue weighted by atomic mass is 32.2. The molecular weight excluding hydrogens is 432 g/mol. The number of nitrogens with zero attached hydrogens (tertiary/aromatic N) is 1. The molecule has 1 amide bonds. The van der Waals surface area contributed by atoms with Crippen LogP contribution in [0.3, 0.4) is 0 Å². The molecule has 0 aliphatic carbocycles. The molecule has 2 aromatic carbocycles. The predicted octanol–water partition coefficient (Wildman–Crippen LogP) is 3.13. The molecule has 0 saturated carbocycles. The lowest BCUT2D eigenvalue weighted by Gasteiger charge is -2.17. The molecule has 0 radical (unpaired) electrons. The van der Waals surface area contributed by atoms with E-state index in [1.54, 1.807) is 31.2 Å². The van der Waals surface area contributed by atoms with Crippen molar-refractivity contribution < 1.29 is 27.5 Å². The van der Waals surface area contributed by atoms with Crippen molar-refractivity contribution in [1.82, 2.24) is 9.29 Å². The summed E-state index contributed by atoms with van der Waals surface area (Å²) >= 11 is 0. The molecule has 3 aromatic rings. The largest absolute Gasteiger partial charge is 0.464 e. The Balaban J connectivity index is 1.69. The van der Waals surface area contributed by atoms with Gasteiger partial charge in [-0.3, -0.25) is 0 Å². The van der Waals surface area contributed by atoms with E-state index >= 15 is 0 Å². The Hall–Kier alpha value is -3.59. The highest BCUT2D eigenvalue weighted by Gasteiger charge is 2.25. The van der Waals surface area contributed by atoms with Crippen molar-refractivity contribution in [2.45, 2.75) is 30.9 Å². The Morgan fingerprint density at radius 1 is 0.938 bits per heavy atom. The molecule has 0 fully saturated rings. The molecule has 0 aliphatic rings. The van der Waals surface area contributed by atoms with E-state index in [9.17, 15) is 18.0 Å². The lowest BCUT2D eigenvalue weighted by Crippen LogP contribution is -2.43. The van der Waals surface area contributed by atoms with Gasteiger partial charge in [0.1, 0.15) is 12.6 Å². The molecule has 168 valence electrons. The lowest BCUT2D eigenvalue weighted by molar-refractivity contribution is -0.145. The van der Waals surface area contributed by atoms with Crippen molar-refractivity contribution >= 4 is 22.1 Å². The fourth-order valence-electron chi connectivity index (χ4n) is 2.98. The maximum absolute atomic E-state index is 12.7. The van der Waals surface area contributed by atoms with Crippen LogP contribution < -0.4 is 5.32 Å². The minimum atomic E-state index is -3.76. The van der Waals surface area contributed by atoms with E-state index in [1.165, 1.54) is 24.5 Å². The van der Waals surface area contributed by atoms with Crippen LogP contribution in [0.1, 0.15) is 18.1 Å². The fourth-order valence-corrected chi connectivity index (χ4v) is 4.22. The van der Waals surface area contributed by atoms with Gasteiger partial charge in [-0.15, -0.1) is 0 Å². The van der Waals surface area contributed by atoms with Crippen LogP contribution in [0.25, 0.3) is 0 Å².